The minimum atomic E-state index is -1.29. The third-order valence-electron chi connectivity index (χ3n) is 5.94. The molecule has 0 aromatic heterocycles. The molecule has 2 aliphatic carbocycles. The first-order chi connectivity index (χ1) is 14.5. The van der Waals surface area contributed by atoms with E-state index in [1.54, 1.807) is 20.8 Å². The van der Waals surface area contributed by atoms with Crippen molar-refractivity contribution in [1.82, 2.24) is 10.2 Å². The molecule has 31 heavy (non-hydrogen) atoms. The standard InChI is InChI=1S/C13H25N.C10H17NO6/c1-14(12-8-4-2-5-9-12)13-10-6-3-7-11-13;1-10(2,3)17-9(16)11-6(8(14)15)4-5-7(12)13/h12-13H,2-11H2,1H3;6H,4-5H2,1-3H3,(H,11,16)(H,12,13)(H,14,15)/t;6-/m.0/s1. The largest absolute Gasteiger partial charge is 0.481 e. The zero-order chi connectivity index (χ0) is 23.4. The van der Waals surface area contributed by atoms with Crippen LogP contribution in [0.25, 0.3) is 0 Å². The Labute approximate surface area is 186 Å². The van der Waals surface area contributed by atoms with Gasteiger partial charge < -0.3 is 25.2 Å². The number of ether oxygens (including phenoxy) is 1. The van der Waals surface area contributed by atoms with Crippen LogP contribution in [0.3, 0.4) is 0 Å². The van der Waals surface area contributed by atoms with Crippen LogP contribution in [-0.4, -0.2) is 63.9 Å². The molecule has 0 unspecified atom stereocenters. The fraction of sp³-hybridized carbons (Fsp3) is 0.870. The first kappa shape index (κ1) is 27.2. The Hall–Kier alpha value is -1.83. The Balaban J connectivity index is 0.000000314. The smallest absolute Gasteiger partial charge is 0.408 e. The summed E-state index contributed by atoms with van der Waals surface area (Å²) < 4.78 is 4.86. The number of carbonyl (C=O) groups is 3. The molecule has 0 aromatic carbocycles. The van der Waals surface area contributed by atoms with Gasteiger partial charge in [-0.3, -0.25) is 4.79 Å². The predicted octanol–water partition coefficient (Wildman–Crippen LogP) is 4.41. The summed E-state index contributed by atoms with van der Waals surface area (Å²) in [4.78, 5) is 35.0. The molecule has 3 N–H and O–H groups in total. The van der Waals surface area contributed by atoms with Gasteiger partial charge in [0.1, 0.15) is 11.6 Å². The first-order valence-electron chi connectivity index (χ1n) is 11.7. The zero-order valence-electron chi connectivity index (χ0n) is 19.7. The molecule has 0 bridgehead atoms. The van der Waals surface area contributed by atoms with E-state index in [1.165, 1.54) is 64.2 Å². The normalized spacial score (nSPS) is 19.1. The second kappa shape index (κ2) is 13.6. The lowest BCUT2D eigenvalue weighted by molar-refractivity contribution is -0.140. The second-order valence-corrected chi connectivity index (χ2v) is 9.72. The fourth-order valence-corrected chi connectivity index (χ4v) is 4.25. The molecule has 0 aliphatic heterocycles. The highest BCUT2D eigenvalue weighted by Crippen LogP contribution is 2.28. The summed E-state index contributed by atoms with van der Waals surface area (Å²) >= 11 is 0. The first-order valence-corrected chi connectivity index (χ1v) is 11.7. The van der Waals surface area contributed by atoms with Crippen molar-refractivity contribution in [3.63, 3.8) is 0 Å². The number of amides is 1. The minimum absolute atomic E-state index is 0.191. The van der Waals surface area contributed by atoms with Crippen LogP contribution in [0.2, 0.25) is 0 Å². The summed E-state index contributed by atoms with van der Waals surface area (Å²) in [6.45, 7) is 4.92. The van der Waals surface area contributed by atoms with Crippen LogP contribution in [-0.2, 0) is 14.3 Å². The number of nitrogens with zero attached hydrogens (tertiary/aromatic N) is 1. The van der Waals surface area contributed by atoms with Crippen molar-refractivity contribution >= 4 is 18.0 Å². The number of aliphatic carboxylic acids is 2. The van der Waals surface area contributed by atoms with E-state index in [0.717, 1.165) is 12.1 Å². The molecule has 0 spiro atoms. The van der Waals surface area contributed by atoms with Crippen molar-refractivity contribution in [2.24, 2.45) is 0 Å². The van der Waals surface area contributed by atoms with Crippen molar-refractivity contribution in [3.8, 4) is 0 Å². The molecule has 8 nitrogen and oxygen atoms in total. The summed E-state index contributed by atoms with van der Waals surface area (Å²) in [6.07, 6.45) is 13.3. The van der Waals surface area contributed by atoms with Crippen LogP contribution in [0, 0.1) is 0 Å². The monoisotopic (exact) mass is 442 g/mol. The van der Waals surface area contributed by atoms with Crippen LogP contribution in [0.1, 0.15) is 97.8 Å². The number of carbonyl (C=O) groups excluding carboxylic acids is 1. The number of alkyl carbamates (subject to hydrolysis) is 1. The topological polar surface area (TPSA) is 116 Å². The Morgan fingerprint density at radius 3 is 1.74 bits per heavy atom. The molecular formula is C23H42N2O6. The zero-order valence-corrected chi connectivity index (χ0v) is 19.7. The van der Waals surface area contributed by atoms with Gasteiger partial charge in [-0.1, -0.05) is 38.5 Å². The van der Waals surface area contributed by atoms with Crippen LogP contribution in [0.4, 0.5) is 4.79 Å². The van der Waals surface area contributed by atoms with E-state index in [9.17, 15) is 14.4 Å². The summed E-state index contributed by atoms with van der Waals surface area (Å²) in [5.74, 6) is -2.42. The molecule has 2 rings (SSSR count). The number of rotatable bonds is 7. The molecule has 0 radical (unpaired) electrons. The molecule has 8 heteroatoms. The van der Waals surface area contributed by atoms with E-state index in [2.05, 4.69) is 17.3 Å². The summed E-state index contributed by atoms with van der Waals surface area (Å²) in [5, 5.41) is 19.3. The molecule has 0 aromatic rings. The van der Waals surface area contributed by atoms with Gasteiger partial charge in [-0.15, -0.1) is 0 Å². The van der Waals surface area contributed by atoms with Crippen LogP contribution in [0.15, 0.2) is 0 Å². The summed E-state index contributed by atoms with van der Waals surface area (Å²) in [5.41, 5.74) is -0.736. The number of carboxylic acid groups (broad SMARTS) is 2. The van der Waals surface area contributed by atoms with Gasteiger partial charge in [0.15, 0.2) is 0 Å². The minimum Gasteiger partial charge on any atom is -0.481 e. The van der Waals surface area contributed by atoms with Gasteiger partial charge in [-0.2, -0.15) is 0 Å². The average molecular weight is 443 g/mol. The molecule has 180 valence electrons. The fourth-order valence-electron chi connectivity index (χ4n) is 4.25. The van der Waals surface area contributed by atoms with Gasteiger partial charge in [-0.25, -0.2) is 9.59 Å². The Bertz CT molecular complexity index is 545. The average Bonchev–Trinajstić information content (AvgIpc) is 2.70. The molecule has 1 atom stereocenters. The van der Waals surface area contributed by atoms with E-state index >= 15 is 0 Å². The van der Waals surface area contributed by atoms with E-state index in [4.69, 9.17) is 14.9 Å². The lowest BCUT2D eigenvalue weighted by Gasteiger charge is -2.39. The maximum atomic E-state index is 11.3. The number of hydrogen-bond donors (Lipinski definition) is 3. The number of nitrogens with one attached hydrogen (secondary N) is 1. The van der Waals surface area contributed by atoms with Crippen LogP contribution >= 0.6 is 0 Å². The maximum Gasteiger partial charge on any atom is 0.408 e. The Morgan fingerprint density at radius 1 is 0.935 bits per heavy atom. The van der Waals surface area contributed by atoms with Crippen molar-refractivity contribution in [1.29, 1.82) is 0 Å². The molecule has 2 aliphatic rings. The summed E-state index contributed by atoms with van der Waals surface area (Å²) in [7, 11) is 2.38. The number of carboxylic acids is 2. The maximum absolute atomic E-state index is 11.3. The number of hydrogen-bond acceptors (Lipinski definition) is 5. The quantitative estimate of drug-likeness (QED) is 0.534. The Kier molecular flexibility index (Phi) is 11.9. The molecule has 1 amide bonds. The van der Waals surface area contributed by atoms with E-state index in [1.807, 2.05) is 0 Å². The van der Waals surface area contributed by atoms with Crippen molar-refractivity contribution < 1.29 is 29.3 Å². The molecule has 0 heterocycles. The van der Waals surface area contributed by atoms with Crippen LogP contribution in [0.5, 0.6) is 0 Å². The highest BCUT2D eigenvalue weighted by Gasteiger charge is 2.26. The van der Waals surface area contributed by atoms with Gasteiger partial charge in [0.25, 0.3) is 0 Å². The van der Waals surface area contributed by atoms with Gasteiger partial charge in [-0.05, 0) is 59.9 Å². The lowest BCUT2D eigenvalue weighted by atomic mass is 9.89. The molecule has 2 saturated carbocycles. The van der Waals surface area contributed by atoms with E-state index in [-0.39, 0.29) is 12.8 Å². The van der Waals surface area contributed by atoms with E-state index in [0.29, 0.717) is 0 Å². The van der Waals surface area contributed by atoms with Gasteiger partial charge in [0.2, 0.25) is 0 Å². The third-order valence-corrected chi connectivity index (χ3v) is 5.94. The summed E-state index contributed by atoms with van der Waals surface area (Å²) in [6, 6.07) is 0.583. The SMILES string of the molecule is CC(C)(C)OC(=O)N[C@@H](CCC(=O)O)C(=O)O.CN(C1CCCCC1)C1CCCCC1. The third kappa shape index (κ3) is 12.0. The van der Waals surface area contributed by atoms with Crippen molar-refractivity contribution in [2.75, 3.05) is 7.05 Å². The molecule has 0 saturated heterocycles. The molecular weight excluding hydrogens is 400 g/mol. The van der Waals surface area contributed by atoms with Crippen LogP contribution < -0.4 is 5.32 Å². The van der Waals surface area contributed by atoms with E-state index < -0.39 is 29.7 Å². The van der Waals surface area contributed by atoms with Crippen molar-refractivity contribution in [3.05, 3.63) is 0 Å². The highest BCUT2D eigenvalue weighted by atomic mass is 16.6. The second-order valence-electron chi connectivity index (χ2n) is 9.72. The highest BCUT2D eigenvalue weighted by molar-refractivity contribution is 5.80. The van der Waals surface area contributed by atoms with Gasteiger partial charge >= 0.3 is 18.0 Å². The van der Waals surface area contributed by atoms with Gasteiger partial charge in [0.05, 0.1) is 0 Å². The molecule has 2 fully saturated rings. The Morgan fingerprint density at radius 2 is 1.39 bits per heavy atom. The predicted molar refractivity (Wildman–Crippen MR) is 119 cm³/mol. The van der Waals surface area contributed by atoms with Crippen molar-refractivity contribution in [2.45, 2.75) is 122 Å². The van der Waals surface area contributed by atoms with Gasteiger partial charge in [0, 0.05) is 18.5 Å². The lowest BCUT2D eigenvalue weighted by Crippen LogP contribution is -2.43.